The molecule has 0 saturated carbocycles. The van der Waals surface area contributed by atoms with E-state index in [1.807, 2.05) is 0 Å². The molecule has 0 aliphatic carbocycles. The third-order valence-electron chi connectivity index (χ3n) is 3.16. The predicted molar refractivity (Wildman–Crippen MR) is 79.3 cm³/mol. The summed E-state index contributed by atoms with van der Waals surface area (Å²) in [5.41, 5.74) is 1.54. The molecule has 3 aromatic rings. The Balaban J connectivity index is 1.94. The van der Waals surface area contributed by atoms with Gasteiger partial charge in [-0.05, 0) is 12.1 Å². The molecule has 0 spiro atoms. The van der Waals surface area contributed by atoms with E-state index in [9.17, 15) is 9.59 Å². The Morgan fingerprint density at radius 2 is 2.23 bits per heavy atom. The molecule has 110 valence electrons. The quantitative estimate of drug-likeness (QED) is 0.742. The van der Waals surface area contributed by atoms with Gasteiger partial charge in [-0.3, -0.25) is 9.59 Å². The standard InChI is InChI=1S/C15H12N4O3/c1-22-13-7-10(9-20)12(8-17-13)18-15(21)11-3-2-5-19-6-4-16-14(11)19/h2-9H,1H3,(H,18,21). The molecule has 1 N–H and O–H groups in total. The van der Waals surface area contributed by atoms with Gasteiger partial charge in [0.15, 0.2) is 6.29 Å². The highest BCUT2D eigenvalue weighted by atomic mass is 16.5. The van der Waals surface area contributed by atoms with Crippen molar-refractivity contribution in [2.75, 3.05) is 12.4 Å². The molecule has 7 heteroatoms. The molecule has 0 unspecified atom stereocenters. The van der Waals surface area contributed by atoms with Gasteiger partial charge in [0.05, 0.1) is 24.6 Å². The number of imidazole rings is 1. The highest BCUT2D eigenvalue weighted by Crippen LogP contribution is 2.19. The third-order valence-corrected chi connectivity index (χ3v) is 3.16. The monoisotopic (exact) mass is 296 g/mol. The SMILES string of the molecule is COc1cc(C=O)c(NC(=O)c2cccn3ccnc23)cn1. The topological polar surface area (TPSA) is 85.6 Å². The molecule has 0 radical (unpaired) electrons. The molecule has 0 aliphatic rings. The van der Waals surface area contributed by atoms with Crippen molar-refractivity contribution in [3.8, 4) is 5.88 Å². The van der Waals surface area contributed by atoms with Crippen molar-refractivity contribution in [1.29, 1.82) is 0 Å². The van der Waals surface area contributed by atoms with Crippen LogP contribution in [0.3, 0.4) is 0 Å². The Morgan fingerprint density at radius 1 is 1.36 bits per heavy atom. The summed E-state index contributed by atoms with van der Waals surface area (Å²) in [5, 5.41) is 2.67. The van der Waals surface area contributed by atoms with Gasteiger partial charge in [0.2, 0.25) is 5.88 Å². The van der Waals surface area contributed by atoms with Crippen molar-refractivity contribution in [1.82, 2.24) is 14.4 Å². The van der Waals surface area contributed by atoms with Crippen molar-refractivity contribution < 1.29 is 14.3 Å². The van der Waals surface area contributed by atoms with Gasteiger partial charge in [-0.25, -0.2) is 9.97 Å². The van der Waals surface area contributed by atoms with Gasteiger partial charge < -0.3 is 14.5 Å². The minimum atomic E-state index is -0.369. The fourth-order valence-electron chi connectivity index (χ4n) is 2.08. The van der Waals surface area contributed by atoms with Gasteiger partial charge in [0.25, 0.3) is 5.91 Å². The van der Waals surface area contributed by atoms with Gasteiger partial charge in [0, 0.05) is 30.2 Å². The van der Waals surface area contributed by atoms with Crippen molar-refractivity contribution in [2.45, 2.75) is 0 Å². The maximum Gasteiger partial charge on any atom is 0.259 e. The lowest BCUT2D eigenvalue weighted by Gasteiger charge is -2.09. The number of methoxy groups -OCH3 is 1. The lowest BCUT2D eigenvalue weighted by Crippen LogP contribution is -2.15. The number of aldehydes is 1. The first kappa shape index (κ1) is 13.7. The number of rotatable bonds is 4. The zero-order valence-electron chi connectivity index (χ0n) is 11.7. The van der Waals surface area contributed by atoms with Crippen LogP contribution in [0.25, 0.3) is 5.65 Å². The average Bonchev–Trinajstić information content (AvgIpc) is 3.03. The molecule has 0 atom stereocenters. The first-order valence-electron chi connectivity index (χ1n) is 6.45. The first-order chi connectivity index (χ1) is 10.7. The van der Waals surface area contributed by atoms with E-state index in [4.69, 9.17) is 4.74 Å². The van der Waals surface area contributed by atoms with E-state index in [2.05, 4.69) is 15.3 Å². The molecule has 0 fully saturated rings. The minimum absolute atomic E-state index is 0.287. The van der Waals surface area contributed by atoms with Crippen molar-refractivity contribution in [2.24, 2.45) is 0 Å². The van der Waals surface area contributed by atoms with Crippen LogP contribution in [0.5, 0.6) is 5.88 Å². The number of aromatic nitrogens is 3. The summed E-state index contributed by atoms with van der Waals surface area (Å²) in [6.07, 6.45) is 7.17. The summed E-state index contributed by atoms with van der Waals surface area (Å²) in [6.45, 7) is 0. The summed E-state index contributed by atoms with van der Waals surface area (Å²) in [4.78, 5) is 31.7. The van der Waals surface area contributed by atoms with Crippen LogP contribution < -0.4 is 10.1 Å². The summed E-state index contributed by atoms with van der Waals surface area (Å²) in [6, 6.07) is 4.87. The van der Waals surface area contributed by atoms with Gasteiger partial charge >= 0.3 is 0 Å². The molecular formula is C15H12N4O3. The lowest BCUT2D eigenvalue weighted by atomic mass is 10.2. The van der Waals surface area contributed by atoms with E-state index >= 15 is 0 Å². The van der Waals surface area contributed by atoms with E-state index in [1.54, 1.807) is 35.1 Å². The van der Waals surface area contributed by atoms with Crippen LogP contribution in [0.2, 0.25) is 0 Å². The Morgan fingerprint density at radius 3 is 3.00 bits per heavy atom. The fraction of sp³-hybridized carbons (Fsp3) is 0.0667. The van der Waals surface area contributed by atoms with E-state index in [-0.39, 0.29) is 11.5 Å². The number of nitrogens with zero attached hydrogens (tertiary/aromatic N) is 3. The molecule has 7 nitrogen and oxygen atoms in total. The molecule has 0 saturated heterocycles. The number of nitrogens with one attached hydrogen (secondary N) is 1. The van der Waals surface area contributed by atoms with E-state index in [1.165, 1.54) is 19.4 Å². The molecule has 3 rings (SSSR count). The number of fused-ring (bicyclic) bond motifs is 1. The Bertz CT molecular complexity index is 857. The fourth-order valence-corrected chi connectivity index (χ4v) is 2.08. The Labute approximate surface area is 125 Å². The normalized spacial score (nSPS) is 10.4. The first-order valence-corrected chi connectivity index (χ1v) is 6.45. The highest BCUT2D eigenvalue weighted by molar-refractivity contribution is 6.09. The number of hydrogen-bond acceptors (Lipinski definition) is 5. The van der Waals surface area contributed by atoms with E-state index < -0.39 is 0 Å². The van der Waals surface area contributed by atoms with Gasteiger partial charge in [-0.1, -0.05) is 0 Å². The number of carbonyl (C=O) groups is 2. The van der Waals surface area contributed by atoms with Crippen LogP contribution in [-0.4, -0.2) is 33.7 Å². The summed E-state index contributed by atoms with van der Waals surface area (Å²) < 4.78 is 6.69. The molecule has 3 heterocycles. The average molecular weight is 296 g/mol. The van der Waals surface area contributed by atoms with Crippen molar-refractivity contribution >= 4 is 23.5 Å². The summed E-state index contributed by atoms with van der Waals surface area (Å²) in [5.74, 6) is -0.0673. The third kappa shape index (κ3) is 2.39. The van der Waals surface area contributed by atoms with Crippen molar-refractivity contribution in [3.63, 3.8) is 0 Å². The number of hydrogen-bond donors (Lipinski definition) is 1. The second-order valence-corrected chi connectivity index (χ2v) is 4.47. The van der Waals surface area contributed by atoms with E-state index in [0.29, 0.717) is 29.1 Å². The van der Waals surface area contributed by atoms with Crippen LogP contribution >= 0.6 is 0 Å². The zero-order chi connectivity index (χ0) is 15.5. The predicted octanol–water partition coefficient (Wildman–Crippen LogP) is 1.80. The van der Waals surface area contributed by atoms with Gasteiger partial charge in [-0.2, -0.15) is 0 Å². The number of ether oxygens (including phenoxy) is 1. The van der Waals surface area contributed by atoms with Crippen LogP contribution in [0, 0.1) is 0 Å². The Hall–Kier alpha value is -3.22. The lowest BCUT2D eigenvalue weighted by molar-refractivity contribution is 0.102. The summed E-state index contributed by atoms with van der Waals surface area (Å²) >= 11 is 0. The summed E-state index contributed by atoms with van der Waals surface area (Å²) in [7, 11) is 1.45. The highest BCUT2D eigenvalue weighted by Gasteiger charge is 2.14. The van der Waals surface area contributed by atoms with E-state index in [0.717, 1.165) is 0 Å². The molecular weight excluding hydrogens is 284 g/mol. The zero-order valence-corrected chi connectivity index (χ0v) is 11.7. The van der Waals surface area contributed by atoms with Gasteiger partial charge in [0.1, 0.15) is 5.65 Å². The maximum atomic E-state index is 12.4. The minimum Gasteiger partial charge on any atom is -0.481 e. The number of pyridine rings is 2. The second kappa shape index (κ2) is 5.65. The molecule has 0 bridgehead atoms. The molecule has 0 aliphatic heterocycles. The maximum absolute atomic E-state index is 12.4. The van der Waals surface area contributed by atoms with Crippen LogP contribution in [0.15, 0.2) is 43.0 Å². The smallest absolute Gasteiger partial charge is 0.259 e. The van der Waals surface area contributed by atoms with Crippen LogP contribution in [-0.2, 0) is 0 Å². The molecule has 3 aromatic heterocycles. The number of anilines is 1. The molecule has 22 heavy (non-hydrogen) atoms. The number of carbonyl (C=O) groups excluding carboxylic acids is 2. The van der Waals surface area contributed by atoms with Crippen LogP contribution in [0.1, 0.15) is 20.7 Å². The largest absolute Gasteiger partial charge is 0.481 e. The second-order valence-electron chi connectivity index (χ2n) is 4.47. The number of amides is 1. The Kier molecular flexibility index (Phi) is 3.53. The van der Waals surface area contributed by atoms with Crippen molar-refractivity contribution in [3.05, 3.63) is 54.1 Å². The van der Waals surface area contributed by atoms with Gasteiger partial charge in [-0.15, -0.1) is 0 Å². The molecule has 1 amide bonds. The molecule has 0 aromatic carbocycles. The van der Waals surface area contributed by atoms with Crippen LogP contribution in [0.4, 0.5) is 5.69 Å².